The lowest BCUT2D eigenvalue weighted by molar-refractivity contribution is -0.121. The maximum atomic E-state index is 12.0. The van der Waals surface area contributed by atoms with Crippen LogP contribution in [0.4, 0.5) is 0 Å². The van der Waals surface area contributed by atoms with E-state index in [9.17, 15) is 4.79 Å². The third-order valence-electron chi connectivity index (χ3n) is 4.83. The molecule has 2 rings (SSSR count). The molecule has 138 valence electrons. The second-order valence-corrected chi connectivity index (χ2v) is 7.18. The van der Waals surface area contributed by atoms with Gasteiger partial charge in [0.25, 0.3) is 0 Å². The molecule has 1 saturated carbocycles. The van der Waals surface area contributed by atoms with Crippen molar-refractivity contribution in [1.29, 1.82) is 0 Å². The largest absolute Gasteiger partial charge is 0.373 e. The van der Waals surface area contributed by atoms with E-state index in [4.69, 9.17) is 4.74 Å². The normalized spacial score (nSPS) is 25.5. The summed E-state index contributed by atoms with van der Waals surface area (Å²) in [6.45, 7) is 7.04. The number of amides is 1. The highest BCUT2D eigenvalue weighted by atomic mass is 16.5. The van der Waals surface area contributed by atoms with Crippen molar-refractivity contribution in [2.75, 3.05) is 26.2 Å². The molecule has 1 amide bonds. The quantitative estimate of drug-likeness (QED) is 0.490. The van der Waals surface area contributed by atoms with Gasteiger partial charge in [-0.3, -0.25) is 9.79 Å². The van der Waals surface area contributed by atoms with Crippen LogP contribution >= 0.6 is 0 Å². The summed E-state index contributed by atoms with van der Waals surface area (Å²) in [5.74, 6) is 0.899. The molecule has 0 bridgehead atoms. The molecule has 2 aliphatic rings. The zero-order valence-electron chi connectivity index (χ0n) is 15.3. The molecule has 1 unspecified atom stereocenters. The number of carbonyl (C=O) groups excluding carboxylic acids is 1. The number of hydrogen-bond donors (Lipinski definition) is 3. The van der Waals surface area contributed by atoms with Crippen LogP contribution in [0.2, 0.25) is 0 Å². The fourth-order valence-electron chi connectivity index (χ4n) is 3.39. The average molecular weight is 338 g/mol. The Morgan fingerprint density at radius 3 is 2.67 bits per heavy atom. The van der Waals surface area contributed by atoms with E-state index in [1.807, 2.05) is 6.92 Å². The first kappa shape index (κ1) is 19.0. The molecule has 6 nitrogen and oxygen atoms in total. The second kappa shape index (κ2) is 9.87. The van der Waals surface area contributed by atoms with Crippen molar-refractivity contribution in [3.8, 4) is 0 Å². The molecule has 24 heavy (non-hydrogen) atoms. The maximum Gasteiger partial charge on any atom is 0.221 e. The van der Waals surface area contributed by atoms with Gasteiger partial charge in [-0.2, -0.15) is 0 Å². The first-order chi connectivity index (χ1) is 11.6. The number of aliphatic imine (C=N–C) groups is 1. The van der Waals surface area contributed by atoms with Crippen molar-refractivity contribution < 1.29 is 9.53 Å². The highest BCUT2D eigenvalue weighted by Crippen LogP contribution is 2.25. The van der Waals surface area contributed by atoms with E-state index in [0.29, 0.717) is 25.6 Å². The lowest BCUT2D eigenvalue weighted by atomic mass is 9.95. The first-order valence-electron chi connectivity index (χ1n) is 9.57. The lowest BCUT2D eigenvalue weighted by Crippen LogP contribution is -2.42. The molecule has 3 N–H and O–H groups in total. The summed E-state index contributed by atoms with van der Waals surface area (Å²) in [7, 11) is 0. The molecule has 0 aromatic carbocycles. The van der Waals surface area contributed by atoms with Crippen LogP contribution in [0.15, 0.2) is 4.99 Å². The molecular weight excluding hydrogens is 304 g/mol. The van der Waals surface area contributed by atoms with E-state index >= 15 is 0 Å². The SMILES string of the molecule is CCNC(=NCC1(C)CCCO1)NCCC(=O)NC1CCCCC1. The minimum absolute atomic E-state index is 0.135. The van der Waals surface area contributed by atoms with E-state index in [-0.39, 0.29) is 11.5 Å². The Bertz CT molecular complexity index is 413. The fourth-order valence-corrected chi connectivity index (χ4v) is 3.39. The minimum atomic E-state index is -0.138. The highest BCUT2D eigenvalue weighted by Gasteiger charge is 2.29. The minimum Gasteiger partial charge on any atom is -0.373 e. The smallest absolute Gasteiger partial charge is 0.221 e. The number of hydrogen-bond acceptors (Lipinski definition) is 3. The van der Waals surface area contributed by atoms with Crippen molar-refractivity contribution in [2.45, 2.75) is 76.9 Å². The number of nitrogens with zero attached hydrogens (tertiary/aromatic N) is 1. The van der Waals surface area contributed by atoms with Gasteiger partial charge in [0.1, 0.15) is 0 Å². The number of nitrogens with one attached hydrogen (secondary N) is 3. The lowest BCUT2D eigenvalue weighted by Gasteiger charge is -2.23. The molecule has 0 aromatic rings. The summed E-state index contributed by atoms with van der Waals surface area (Å²) in [5, 5.41) is 9.63. The van der Waals surface area contributed by atoms with Gasteiger partial charge in [0, 0.05) is 32.2 Å². The van der Waals surface area contributed by atoms with Crippen LogP contribution in [-0.2, 0) is 9.53 Å². The molecular formula is C18H34N4O2. The molecule has 1 aliphatic carbocycles. The maximum absolute atomic E-state index is 12.0. The van der Waals surface area contributed by atoms with Gasteiger partial charge >= 0.3 is 0 Å². The fraction of sp³-hybridized carbons (Fsp3) is 0.889. The van der Waals surface area contributed by atoms with Gasteiger partial charge in [-0.15, -0.1) is 0 Å². The molecule has 0 spiro atoms. The van der Waals surface area contributed by atoms with E-state index < -0.39 is 0 Å². The van der Waals surface area contributed by atoms with Gasteiger partial charge in [-0.1, -0.05) is 19.3 Å². The van der Waals surface area contributed by atoms with Crippen LogP contribution < -0.4 is 16.0 Å². The molecule has 6 heteroatoms. The van der Waals surface area contributed by atoms with Crippen LogP contribution in [0.5, 0.6) is 0 Å². The van der Waals surface area contributed by atoms with Crippen molar-refractivity contribution in [2.24, 2.45) is 4.99 Å². The molecule has 1 atom stereocenters. The van der Waals surface area contributed by atoms with Crippen molar-refractivity contribution in [1.82, 2.24) is 16.0 Å². The van der Waals surface area contributed by atoms with Crippen LogP contribution in [0, 0.1) is 0 Å². The number of guanidine groups is 1. The van der Waals surface area contributed by atoms with Crippen LogP contribution in [0.25, 0.3) is 0 Å². The van der Waals surface area contributed by atoms with Gasteiger partial charge in [0.05, 0.1) is 12.1 Å². The van der Waals surface area contributed by atoms with Crippen molar-refractivity contribution in [3.05, 3.63) is 0 Å². The average Bonchev–Trinajstić information content (AvgIpc) is 3.01. The molecule has 0 radical (unpaired) electrons. The summed E-state index contributed by atoms with van der Waals surface area (Å²) >= 11 is 0. The Balaban J connectivity index is 1.69. The Kier molecular flexibility index (Phi) is 7.82. The predicted molar refractivity (Wildman–Crippen MR) is 97.2 cm³/mol. The summed E-state index contributed by atoms with van der Waals surface area (Å²) in [4.78, 5) is 16.7. The van der Waals surface area contributed by atoms with Crippen LogP contribution in [0.3, 0.4) is 0 Å². The number of rotatable bonds is 7. The van der Waals surface area contributed by atoms with E-state index in [1.54, 1.807) is 0 Å². The Labute approximate surface area is 146 Å². The summed E-state index contributed by atoms with van der Waals surface area (Å²) in [6.07, 6.45) is 8.68. The second-order valence-electron chi connectivity index (χ2n) is 7.18. The Hall–Kier alpha value is -1.30. The van der Waals surface area contributed by atoms with Gasteiger partial charge in [-0.05, 0) is 39.5 Å². The third-order valence-corrected chi connectivity index (χ3v) is 4.83. The zero-order chi connectivity index (χ0) is 17.3. The van der Waals surface area contributed by atoms with Gasteiger partial charge in [0.2, 0.25) is 5.91 Å². The van der Waals surface area contributed by atoms with E-state index in [1.165, 1.54) is 19.3 Å². The van der Waals surface area contributed by atoms with Gasteiger partial charge < -0.3 is 20.7 Å². The first-order valence-corrected chi connectivity index (χ1v) is 9.57. The molecule has 0 aromatic heterocycles. The summed E-state index contributed by atoms with van der Waals surface area (Å²) in [6, 6.07) is 0.382. The molecule has 2 fully saturated rings. The predicted octanol–water partition coefficient (Wildman–Crippen LogP) is 1.95. The third kappa shape index (κ3) is 6.67. The Morgan fingerprint density at radius 1 is 1.21 bits per heavy atom. The molecule has 1 saturated heterocycles. The summed E-state index contributed by atoms with van der Waals surface area (Å²) < 4.78 is 5.77. The van der Waals surface area contributed by atoms with Gasteiger partial charge in [0.15, 0.2) is 5.96 Å². The number of ether oxygens (including phenoxy) is 1. The van der Waals surface area contributed by atoms with Crippen LogP contribution in [-0.4, -0.2) is 49.8 Å². The van der Waals surface area contributed by atoms with Crippen molar-refractivity contribution in [3.63, 3.8) is 0 Å². The molecule has 1 heterocycles. The number of carbonyl (C=O) groups is 1. The molecule has 1 aliphatic heterocycles. The highest BCUT2D eigenvalue weighted by molar-refractivity contribution is 5.81. The Morgan fingerprint density at radius 2 is 2.00 bits per heavy atom. The van der Waals surface area contributed by atoms with Crippen LogP contribution in [0.1, 0.15) is 65.2 Å². The van der Waals surface area contributed by atoms with Gasteiger partial charge in [-0.25, -0.2) is 0 Å². The van der Waals surface area contributed by atoms with E-state index in [0.717, 1.165) is 44.8 Å². The zero-order valence-corrected chi connectivity index (χ0v) is 15.3. The topological polar surface area (TPSA) is 74.8 Å². The summed E-state index contributed by atoms with van der Waals surface area (Å²) in [5.41, 5.74) is -0.138. The standard InChI is InChI=1S/C18H34N4O2/c1-3-19-17(21-14-18(2)11-7-13-24-18)20-12-10-16(23)22-15-8-5-4-6-9-15/h15H,3-14H2,1-2H3,(H,22,23)(H2,19,20,21). The van der Waals surface area contributed by atoms with Crippen molar-refractivity contribution >= 4 is 11.9 Å². The monoisotopic (exact) mass is 338 g/mol. The van der Waals surface area contributed by atoms with E-state index in [2.05, 4.69) is 27.9 Å².